The van der Waals surface area contributed by atoms with Crippen molar-refractivity contribution >= 4 is 41.6 Å². The number of methoxy groups -OCH3 is 1. The van der Waals surface area contributed by atoms with Gasteiger partial charge in [-0.2, -0.15) is 0 Å². The number of rotatable bonds is 7. The molecule has 0 saturated carbocycles. The first-order chi connectivity index (χ1) is 14.8. The van der Waals surface area contributed by atoms with Gasteiger partial charge < -0.3 is 19.9 Å². The Balaban J connectivity index is 1.70. The Hall–Kier alpha value is -3.85. The average molecular weight is 445 g/mol. The van der Waals surface area contributed by atoms with E-state index in [9.17, 15) is 19.2 Å². The Kier molecular flexibility index (Phi) is 6.56. The van der Waals surface area contributed by atoms with Gasteiger partial charge in [0.25, 0.3) is 5.91 Å². The average Bonchev–Trinajstić information content (AvgIpc) is 3.00. The molecule has 3 amide bonds. The van der Waals surface area contributed by atoms with E-state index in [1.807, 2.05) is 0 Å². The molecule has 2 N–H and O–H groups in total. The molecule has 0 atom stereocenters. The third kappa shape index (κ3) is 5.20. The van der Waals surface area contributed by atoms with Crippen LogP contribution in [0.15, 0.2) is 48.2 Å². The van der Waals surface area contributed by atoms with E-state index in [1.54, 1.807) is 30.3 Å². The Bertz CT molecular complexity index is 1100. The van der Waals surface area contributed by atoms with Gasteiger partial charge in [0, 0.05) is 0 Å². The molecule has 9 nitrogen and oxygen atoms in total. The number of esters is 1. The second kappa shape index (κ2) is 9.31. The highest BCUT2D eigenvalue weighted by Gasteiger charge is 2.35. The number of hydrogen-bond donors (Lipinski definition) is 2. The van der Waals surface area contributed by atoms with Crippen LogP contribution in [0.2, 0.25) is 5.02 Å². The van der Waals surface area contributed by atoms with Crippen LogP contribution >= 0.6 is 11.6 Å². The van der Waals surface area contributed by atoms with Gasteiger partial charge >= 0.3 is 18.0 Å². The first-order valence-corrected chi connectivity index (χ1v) is 9.32. The zero-order chi connectivity index (χ0) is 22.5. The number of carboxylic acid groups (broad SMARTS) is 1. The number of nitrogens with one attached hydrogen (secondary N) is 1. The largest absolute Gasteiger partial charge is 0.487 e. The van der Waals surface area contributed by atoms with Gasteiger partial charge in [0.05, 0.1) is 17.7 Å². The number of carbonyl (C=O) groups excluding carboxylic acids is 3. The number of carbonyl (C=O) groups is 4. The van der Waals surface area contributed by atoms with Gasteiger partial charge in [0.15, 0.2) is 0 Å². The SMILES string of the molecule is COC(=O)CN1C(=O)N/C(=C/c2ccc(OCc3cccc(C(=O)O)c3)c(Cl)c2)C1=O. The molecular formula is C21H17ClN2O7. The number of benzene rings is 2. The van der Waals surface area contributed by atoms with Crippen molar-refractivity contribution in [3.8, 4) is 5.75 Å². The van der Waals surface area contributed by atoms with Crippen molar-refractivity contribution in [2.45, 2.75) is 6.61 Å². The predicted molar refractivity (Wildman–Crippen MR) is 109 cm³/mol. The van der Waals surface area contributed by atoms with E-state index in [4.69, 9.17) is 21.4 Å². The number of imide groups is 1. The van der Waals surface area contributed by atoms with Crippen LogP contribution in [0, 0.1) is 0 Å². The summed E-state index contributed by atoms with van der Waals surface area (Å²) < 4.78 is 10.1. The third-order valence-corrected chi connectivity index (χ3v) is 4.61. The minimum absolute atomic E-state index is 0.0101. The van der Waals surface area contributed by atoms with E-state index >= 15 is 0 Å². The summed E-state index contributed by atoms with van der Waals surface area (Å²) in [6, 6.07) is 10.4. The van der Waals surface area contributed by atoms with Crippen LogP contribution in [0.1, 0.15) is 21.5 Å². The molecule has 0 bridgehead atoms. The van der Waals surface area contributed by atoms with Crippen LogP contribution < -0.4 is 10.1 Å². The number of urea groups is 1. The standard InChI is InChI=1S/C21H17ClN2O7/c1-30-18(25)10-24-19(26)16(23-21(24)29)9-12-5-6-17(15(22)8-12)31-11-13-3-2-4-14(7-13)20(27)28/h2-9H,10-11H2,1H3,(H,23,29)(H,27,28)/b16-9+. The number of nitrogens with zero attached hydrogens (tertiary/aromatic N) is 1. The fourth-order valence-electron chi connectivity index (χ4n) is 2.75. The Morgan fingerprint density at radius 2 is 1.97 bits per heavy atom. The molecule has 1 heterocycles. The summed E-state index contributed by atoms with van der Waals surface area (Å²) >= 11 is 6.25. The number of carboxylic acids is 1. The van der Waals surface area contributed by atoms with Gasteiger partial charge in [0.2, 0.25) is 0 Å². The highest BCUT2D eigenvalue weighted by molar-refractivity contribution is 6.32. The van der Waals surface area contributed by atoms with Crippen molar-refractivity contribution < 1.29 is 33.8 Å². The van der Waals surface area contributed by atoms with Crippen LogP contribution in [-0.2, 0) is 20.9 Å². The van der Waals surface area contributed by atoms with Gasteiger partial charge in [-0.3, -0.25) is 9.59 Å². The van der Waals surface area contributed by atoms with Crippen molar-refractivity contribution in [3.05, 3.63) is 69.9 Å². The van der Waals surface area contributed by atoms with Crippen molar-refractivity contribution in [1.82, 2.24) is 10.2 Å². The van der Waals surface area contributed by atoms with E-state index < -0.39 is 30.4 Å². The van der Waals surface area contributed by atoms with Gasteiger partial charge in [-0.15, -0.1) is 0 Å². The maximum absolute atomic E-state index is 12.3. The van der Waals surface area contributed by atoms with Crippen molar-refractivity contribution in [1.29, 1.82) is 0 Å². The van der Waals surface area contributed by atoms with Crippen molar-refractivity contribution in [2.75, 3.05) is 13.7 Å². The van der Waals surface area contributed by atoms with Crippen LogP contribution in [0.25, 0.3) is 6.08 Å². The third-order valence-electron chi connectivity index (χ3n) is 4.31. The van der Waals surface area contributed by atoms with E-state index in [1.165, 1.54) is 18.2 Å². The minimum Gasteiger partial charge on any atom is -0.487 e. The summed E-state index contributed by atoms with van der Waals surface area (Å²) in [5, 5.41) is 11.7. The van der Waals surface area contributed by atoms with Crippen LogP contribution in [0.3, 0.4) is 0 Å². The highest BCUT2D eigenvalue weighted by Crippen LogP contribution is 2.28. The zero-order valence-corrected chi connectivity index (χ0v) is 17.0. The second-order valence-corrected chi connectivity index (χ2v) is 6.85. The van der Waals surface area contributed by atoms with Crippen LogP contribution in [-0.4, -0.2) is 47.5 Å². The lowest BCUT2D eigenvalue weighted by atomic mass is 10.1. The quantitative estimate of drug-likeness (QED) is 0.382. The number of hydrogen-bond acceptors (Lipinski definition) is 6. The molecule has 1 fully saturated rings. The molecule has 0 spiro atoms. The zero-order valence-electron chi connectivity index (χ0n) is 16.3. The maximum Gasteiger partial charge on any atom is 0.335 e. The van der Waals surface area contributed by atoms with E-state index in [-0.39, 0.29) is 22.9 Å². The number of ether oxygens (including phenoxy) is 2. The molecule has 1 saturated heterocycles. The topological polar surface area (TPSA) is 122 Å². The Morgan fingerprint density at radius 3 is 2.65 bits per heavy atom. The molecule has 3 rings (SSSR count). The normalized spacial score (nSPS) is 14.5. The molecule has 1 aliphatic heterocycles. The Labute approximate surface area is 181 Å². The van der Waals surface area contributed by atoms with Gasteiger partial charge in [-0.1, -0.05) is 29.8 Å². The summed E-state index contributed by atoms with van der Waals surface area (Å²) in [7, 11) is 1.16. The molecule has 0 aliphatic carbocycles. The van der Waals surface area contributed by atoms with Crippen molar-refractivity contribution in [2.24, 2.45) is 0 Å². The number of amides is 3. The predicted octanol–water partition coefficient (Wildman–Crippen LogP) is 2.68. The minimum atomic E-state index is -1.03. The van der Waals surface area contributed by atoms with Crippen LogP contribution in [0.4, 0.5) is 4.79 Å². The first kappa shape index (κ1) is 21.8. The summed E-state index contributed by atoms with van der Waals surface area (Å²) in [4.78, 5) is 47.4. The molecule has 31 heavy (non-hydrogen) atoms. The monoisotopic (exact) mass is 444 g/mol. The highest BCUT2D eigenvalue weighted by atomic mass is 35.5. The first-order valence-electron chi connectivity index (χ1n) is 8.94. The van der Waals surface area contributed by atoms with E-state index in [0.29, 0.717) is 16.9 Å². The summed E-state index contributed by atoms with van der Waals surface area (Å²) in [6.07, 6.45) is 1.42. The maximum atomic E-state index is 12.3. The fraction of sp³-hybridized carbons (Fsp3) is 0.143. The molecule has 0 aromatic heterocycles. The smallest absolute Gasteiger partial charge is 0.335 e. The Morgan fingerprint density at radius 1 is 1.19 bits per heavy atom. The number of aromatic carboxylic acids is 1. The van der Waals surface area contributed by atoms with Gasteiger partial charge in [0.1, 0.15) is 24.6 Å². The van der Waals surface area contributed by atoms with E-state index in [2.05, 4.69) is 10.1 Å². The van der Waals surface area contributed by atoms with Crippen molar-refractivity contribution in [3.63, 3.8) is 0 Å². The molecular weight excluding hydrogens is 428 g/mol. The number of halogens is 1. The molecule has 0 radical (unpaired) electrons. The van der Waals surface area contributed by atoms with Gasteiger partial charge in [-0.25, -0.2) is 14.5 Å². The second-order valence-electron chi connectivity index (χ2n) is 6.44. The molecule has 2 aromatic carbocycles. The molecule has 2 aromatic rings. The molecule has 160 valence electrons. The lowest BCUT2D eigenvalue weighted by Gasteiger charge is -2.10. The lowest BCUT2D eigenvalue weighted by molar-refractivity contribution is -0.143. The van der Waals surface area contributed by atoms with Crippen LogP contribution in [0.5, 0.6) is 5.75 Å². The summed E-state index contributed by atoms with van der Waals surface area (Å²) in [5.41, 5.74) is 1.32. The summed E-state index contributed by atoms with van der Waals surface area (Å²) in [6.45, 7) is -0.382. The molecule has 1 aliphatic rings. The summed E-state index contributed by atoms with van der Waals surface area (Å²) in [5.74, 6) is -2.05. The van der Waals surface area contributed by atoms with E-state index in [0.717, 1.165) is 12.0 Å². The lowest BCUT2D eigenvalue weighted by Crippen LogP contribution is -2.36. The molecule has 0 unspecified atom stereocenters. The molecule has 10 heteroatoms. The van der Waals surface area contributed by atoms with Gasteiger partial charge in [-0.05, 0) is 41.5 Å². The fourth-order valence-corrected chi connectivity index (χ4v) is 3.00.